The van der Waals surface area contributed by atoms with Crippen LogP contribution < -0.4 is 0 Å². The molecule has 0 N–H and O–H groups in total. The average Bonchev–Trinajstić information content (AvgIpc) is 2.03. The summed E-state index contributed by atoms with van der Waals surface area (Å²) in [6.07, 6.45) is 11.8. The molecule has 56 valence electrons. The molecule has 0 fully saturated rings. The molecule has 1 nitrogen and oxygen atoms in total. The van der Waals surface area contributed by atoms with Crippen molar-refractivity contribution in [3.05, 3.63) is 24.5 Å². The lowest BCUT2D eigenvalue weighted by atomic mass is 10.1. The molecule has 0 bridgehead atoms. The maximum absolute atomic E-state index is 5.31. The average molecular weight is 138 g/mol. The fraction of sp³-hybridized carbons (Fsp3) is 0.556. The van der Waals surface area contributed by atoms with E-state index in [9.17, 15) is 0 Å². The van der Waals surface area contributed by atoms with Gasteiger partial charge in [-0.15, -0.1) is 0 Å². The van der Waals surface area contributed by atoms with Gasteiger partial charge in [-0.3, -0.25) is 0 Å². The Bertz CT molecular complexity index is 136. The molecule has 0 aromatic rings. The molecule has 0 amide bonds. The summed E-state index contributed by atoms with van der Waals surface area (Å²) < 4.78 is 5.31. The minimum Gasteiger partial charge on any atom is -0.494 e. The largest absolute Gasteiger partial charge is 0.494 e. The third-order valence-electron chi connectivity index (χ3n) is 1.61. The second kappa shape index (κ2) is 4.15. The second-order valence-corrected chi connectivity index (χ2v) is 2.53. The zero-order chi connectivity index (χ0) is 7.23. The molecule has 1 rings (SSSR count). The van der Waals surface area contributed by atoms with Crippen molar-refractivity contribution < 1.29 is 4.74 Å². The van der Waals surface area contributed by atoms with Gasteiger partial charge in [-0.2, -0.15) is 0 Å². The summed E-state index contributed by atoms with van der Waals surface area (Å²) in [5.74, 6) is 0. The van der Waals surface area contributed by atoms with Gasteiger partial charge in [0.2, 0.25) is 0 Å². The molecule has 1 heterocycles. The van der Waals surface area contributed by atoms with E-state index in [-0.39, 0.29) is 0 Å². The predicted molar refractivity (Wildman–Crippen MR) is 42.7 cm³/mol. The Morgan fingerprint density at radius 3 is 2.90 bits per heavy atom. The molecule has 0 saturated carbocycles. The van der Waals surface area contributed by atoms with Gasteiger partial charge in [0, 0.05) is 0 Å². The van der Waals surface area contributed by atoms with Crippen LogP contribution >= 0.6 is 0 Å². The number of rotatable bonds is 3. The molecular weight excluding hydrogens is 124 g/mol. The minimum absolute atomic E-state index is 0.338. The maximum Gasteiger partial charge on any atom is 0.116 e. The van der Waals surface area contributed by atoms with Crippen LogP contribution in [0.15, 0.2) is 24.5 Å². The van der Waals surface area contributed by atoms with Crippen molar-refractivity contribution in [2.24, 2.45) is 0 Å². The van der Waals surface area contributed by atoms with Crippen LogP contribution in [0.5, 0.6) is 0 Å². The van der Waals surface area contributed by atoms with Crippen molar-refractivity contribution in [2.75, 3.05) is 0 Å². The standard InChI is InChI=1S/C9H14O/c1-2-3-6-9-7-4-5-8-10-9/h4-5,7-9H,2-3,6H2,1H3. The quantitative estimate of drug-likeness (QED) is 0.582. The SMILES string of the molecule is CCCCC1C=CC=CO1. The van der Waals surface area contributed by atoms with E-state index in [1.165, 1.54) is 12.8 Å². The first-order valence-corrected chi connectivity index (χ1v) is 3.92. The van der Waals surface area contributed by atoms with Crippen LogP contribution in [0.2, 0.25) is 0 Å². The molecule has 1 aliphatic rings. The molecule has 0 saturated heterocycles. The second-order valence-electron chi connectivity index (χ2n) is 2.53. The van der Waals surface area contributed by atoms with Gasteiger partial charge >= 0.3 is 0 Å². The lowest BCUT2D eigenvalue weighted by Crippen LogP contribution is -2.07. The van der Waals surface area contributed by atoms with Gasteiger partial charge in [-0.1, -0.05) is 19.4 Å². The highest BCUT2D eigenvalue weighted by Crippen LogP contribution is 2.09. The van der Waals surface area contributed by atoms with Crippen LogP contribution in [-0.4, -0.2) is 6.10 Å². The van der Waals surface area contributed by atoms with E-state index in [0.29, 0.717) is 6.10 Å². The number of unbranched alkanes of at least 4 members (excludes halogenated alkanes) is 1. The van der Waals surface area contributed by atoms with E-state index in [1.54, 1.807) is 6.26 Å². The van der Waals surface area contributed by atoms with Crippen LogP contribution in [0.25, 0.3) is 0 Å². The van der Waals surface area contributed by atoms with E-state index >= 15 is 0 Å². The van der Waals surface area contributed by atoms with Gasteiger partial charge in [0.1, 0.15) is 6.10 Å². The van der Waals surface area contributed by atoms with Crippen LogP contribution in [-0.2, 0) is 4.74 Å². The summed E-state index contributed by atoms with van der Waals surface area (Å²) in [7, 11) is 0. The van der Waals surface area contributed by atoms with Crippen molar-refractivity contribution in [1.82, 2.24) is 0 Å². The first-order chi connectivity index (χ1) is 4.93. The van der Waals surface area contributed by atoms with Crippen molar-refractivity contribution in [3.63, 3.8) is 0 Å². The molecule has 0 aliphatic carbocycles. The highest BCUT2D eigenvalue weighted by molar-refractivity contribution is 5.07. The van der Waals surface area contributed by atoms with Crippen LogP contribution in [0.3, 0.4) is 0 Å². The first-order valence-electron chi connectivity index (χ1n) is 3.92. The van der Waals surface area contributed by atoms with Crippen LogP contribution in [0, 0.1) is 0 Å². The molecule has 1 aliphatic heterocycles. The van der Waals surface area contributed by atoms with Crippen LogP contribution in [0.1, 0.15) is 26.2 Å². The Morgan fingerprint density at radius 2 is 2.30 bits per heavy atom. The van der Waals surface area contributed by atoms with Gasteiger partial charge in [-0.25, -0.2) is 0 Å². The molecule has 0 spiro atoms. The Morgan fingerprint density at radius 1 is 1.40 bits per heavy atom. The van der Waals surface area contributed by atoms with Gasteiger partial charge in [0.25, 0.3) is 0 Å². The molecule has 10 heavy (non-hydrogen) atoms. The van der Waals surface area contributed by atoms with E-state index in [0.717, 1.165) is 6.42 Å². The summed E-state index contributed by atoms with van der Waals surface area (Å²) in [5, 5.41) is 0. The molecule has 0 aromatic heterocycles. The van der Waals surface area contributed by atoms with E-state index in [1.807, 2.05) is 12.2 Å². The molecule has 0 radical (unpaired) electrons. The van der Waals surface area contributed by atoms with Crippen LogP contribution in [0.4, 0.5) is 0 Å². The molecule has 1 unspecified atom stereocenters. The Balaban J connectivity index is 2.17. The lowest BCUT2D eigenvalue weighted by molar-refractivity contribution is 0.171. The van der Waals surface area contributed by atoms with Crippen molar-refractivity contribution >= 4 is 0 Å². The monoisotopic (exact) mass is 138 g/mol. The Hall–Kier alpha value is -0.720. The van der Waals surface area contributed by atoms with Crippen molar-refractivity contribution in [2.45, 2.75) is 32.3 Å². The zero-order valence-corrected chi connectivity index (χ0v) is 6.42. The van der Waals surface area contributed by atoms with Gasteiger partial charge in [0.05, 0.1) is 6.26 Å². The highest BCUT2D eigenvalue weighted by atomic mass is 16.5. The van der Waals surface area contributed by atoms with E-state index in [4.69, 9.17) is 4.74 Å². The van der Waals surface area contributed by atoms with Crippen molar-refractivity contribution in [1.29, 1.82) is 0 Å². The fourth-order valence-electron chi connectivity index (χ4n) is 0.995. The summed E-state index contributed by atoms with van der Waals surface area (Å²) in [6, 6.07) is 0. The topological polar surface area (TPSA) is 9.23 Å². The van der Waals surface area contributed by atoms with E-state index in [2.05, 4.69) is 13.0 Å². The molecule has 1 atom stereocenters. The predicted octanol–water partition coefficient (Wildman–Crippen LogP) is 2.65. The molecule has 1 heteroatoms. The third kappa shape index (κ3) is 2.26. The van der Waals surface area contributed by atoms with Crippen molar-refractivity contribution in [3.8, 4) is 0 Å². The summed E-state index contributed by atoms with van der Waals surface area (Å²) in [5.41, 5.74) is 0. The lowest BCUT2D eigenvalue weighted by Gasteiger charge is -2.13. The normalized spacial score (nSPS) is 22.7. The number of allylic oxidation sites excluding steroid dienone is 2. The summed E-state index contributed by atoms with van der Waals surface area (Å²) >= 11 is 0. The number of ether oxygens (including phenoxy) is 1. The number of hydrogen-bond acceptors (Lipinski definition) is 1. The number of hydrogen-bond donors (Lipinski definition) is 0. The fourth-order valence-corrected chi connectivity index (χ4v) is 0.995. The smallest absolute Gasteiger partial charge is 0.116 e. The van der Waals surface area contributed by atoms with E-state index < -0.39 is 0 Å². The third-order valence-corrected chi connectivity index (χ3v) is 1.61. The zero-order valence-electron chi connectivity index (χ0n) is 6.42. The maximum atomic E-state index is 5.31. The summed E-state index contributed by atoms with van der Waals surface area (Å²) in [4.78, 5) is 0. The summed E-state index contributed by atoms with van der Waals surface area (Å²) in [6.45, 7) is 2.20. The van der Waals surface area contributed by atoms with Gasteiger partial charge < -0.3 is 4.74 Å². The molecule has 0 aromatic carbocycles. The Labute approximate surface area is 62.4 Å². The van der Waals surface area contributed by atoms with Gasteiger partial charge in [-0.05, 0) is 25.0 Å². The highest BCUT2D eigenvalue weighted by Gasteiger charge is 2.03. The Kier molecular flexibility index (Phi) is 3.07. The minimum atomic E-state index is 0.338. The first kappa shape index (κ1) is 7.39. The van der Waals surface area contributed by atoms with Gasteiger partial charge in [0.15, 0.2) is 0 Å². The molecular formula is C9H14O.